The van der Waals surface area contributed by atoms with E-state index >= 15 is 0 Å². The first kappa shape index (κ1) is 19.5. The second-order valence-corrected chi connectivity index (χ2v) is 7.38. The molecule has 9 heteroatoms. The fourth-order valence-corrected chi connectivity index (χ4v) is 3.35. The smallest absolute Gasteiger partial charge is 0.258 e. The molecule has 3 aromatic rings. The number of amides is 1. The van der Waals surface area contributed by atoms with Crippen LogP contribution in [0, 0.1) is 0 Å². The van der Waals surface area contributed by atoms with Crippen LogP contribution in [-0.2, 0) is 10.0 Å². The van der Waals surface area contributed by atoms with E-state index in [-0.39, 0.29) is 29.6 Å². The van der Waals surface area contributed by atoms with Crippen molar-refractivity contribution < 1.29 is 17.9 Å². The second-order valence-electron chi connectivity index (χ2n) is 5.61. The molecule has 1 aromatic heterocycles. The summed E-state index contributed by atoms with van der Waals surface area (Å²) in [5.41, 5.74) is 0.177. The van der Waals surface area contributed by atoms with Gasteiger partial charge in [0.1, 0.15) is 12.4 Å². The van der Waals surface area contributed by atoms with E-state index in [1.54, 1.807) is 18.2 Å². The van der Waals surface area contributed by atoms with Gasteiger partial charge < -0.3 is 4.74 Å². The van der Waals surface area contributed by atoms with Crippen LogP contribution in [0.5, 0.6) is 5.75 Å². The van der Waals surface area contributed by atoms with Crippen LogP contribution in [0.1, 0.15) is 10.4 Å². The number of nitrogens with zero attached hydrogens (tertiary/aromatic N) is 2. The van der Waals surface area contributed by atoms with E-state index in [1.165, 1.54) is 36.7 Å². The van der Waals surface area contributed by atoms with Crippen molar-refractivity contribution in [3.8, 4) is 5.75 Å². The minimum atomic E-state index is -3.78. The lowest BCUT2D eigenvalue weighted by atomic mass is 10.2. The Morgan fingerprint density at radius 3 is 2.46 bits per heavy atom. The van der Waals surface area contributed by atoms with Gasteiger partial charge in [-0.3, -0.25) is 10.1 Å². The zero-order chi connectivity index (χ0) is 19.8. The van der Waals surface area contributed by atoms with Crippen molar-refractivity contribution in [2.24, 2.45) is 0 Å². The maximum absolute atomic E-state index is 12.5. The van der Waals surface area contributed by atoms with E-state index in [0.29, 0.717) is 5.75 Å². The number of anilines is 1. The van der Waals surface area contributed by atoms with Gasteiger partial charge in [-0.25, -0.2) is 23.1 Å². The third-order valence-electron chi connectivity index (χ3n) is 3.60. The normalized spacial score (nSPS) is 11.0. The van der Waals surface area contributed by atoms with E-state index in [2.05, 4.69) is 20.0 Å². The van der Waals surface area contributed by atoms with Gasteiger partial charge in [-0.1, -0.05) is 24.3 Å². The Balaban J connectivity index is 1.60. The molecule has 0 atom stereocenters. The van der Waals surface area contributed by atoms with Crippen LogP contribution >= 0.6 is 0 Å². The summed E-state index contributed by atoms with van der Waals surface area (Å²) in [5, 5.41) is 2.51. The van der Waals surface area contributed by atoms with Gasteiger partial charge in [0, 0.05) is 24.5 Å². The third kappa shape index (κ3) is 5.35. The average Bonchev–Trinajstić information content (AvgIpc) is 2.73. The standard InChI is InChI=1S/C19H18N4O4S/c24-18(23-19-20-10-5-11-21-19)15-6-4-9-17(14-15)28(25,26)22-12-13-27-16-7-2-1-3-8-16/h1-11,14,22H,12-13H2,(H,20,21,23,24). The highest BCUT2D eigenvalue weighted by atomic mass is 32.2. The van der Waals surface area contributed by atoms with E-state index in [0.717, 1.165) is 0 Å². The topological polar surface area (TPSA) is 110 Å². The number of benzene rings is 2. The minimum Gasteiger partial charge on any atom is -0.492 e. The van der Waals surface area contributed by atoms with Crippen LogP contribution in [0.15, 0.2) is 78.0 Å². The highest BCUT2D eigenvalue weighted by molar-refractivity contribution is 7.89. The number of sulfonamides is 1. The largest absolute Gasteiger partial charge is 0.492 e. The predicted molar refractivity (Wildman–Crippen MR) is 104 cm³/mol. The van der Waals surface area contributed by atoms with Crippen molar-refractivity contribution in [2.45, 2.75) is 4.90 Å². The summed E-state index contributed by atoms with van der Waals surface area (Å²) in [6, 6.07) is 16.4. The number of nitrogens with one attached hydrogen (secondary N) is 2. The minimum absolute atomic E-state index is 0.0196. The summed E-state index contributed by atoms with van der Waals surface area (Å²) in [6.07, 6.45) is 2.98. The molecule has 3 rings (SSSR count). The van der Waals surface area contributed by atoms with Crippen molar-refractivity contribution in [3.05, 3.63) is 78.6 Å². The number of carbonyl (C=O) groups is 1. The lowest BCUT2D eigenvalue weighted by Gasteiger charge is -2.09. The molecule has 2 N–H and O–H groups in total. The van der Waals surface area contributed by atoms with Crippen molar-refractivity contribution in [1.29, 1.82) is 0 Å². The molecule has 28 heavy (non-hydrogen) atoms. The van der Waals surface area contributed by atoms with Crippen LogP contribution in [0.4, 0.5) is 5.95 Å². The van der Waals surface area contributed by atoms with Crippen LogP contribution in [0.2, 0.25) is 0 Å². The van der Waals surface area contributed by atoms with Crippen molar-refractivity contribution in [3.63, 3.8) is 0 Å². The van der Waals surface area contributed by atoms with Crippen molar-refractivity contribution in [2.75, 3.05) is 18.5 Å². The Labute approximate surface area is 162 Å². The van der Waals surface area contributed by atoms with Gasteiger partial charge in [0.2, 0.25) is 16.0 Å². The van der Waals surface area contributed by atoms with Gasteiger partial charge >= 0.3 is 0 Å². The Kier molecular flexibility index (Phi) is 6.30. The van der Waals surface area contributed by atoms with Crippen LogP contribution < -0.4 is 14.8 Å². The Morgan fingerprint density at radius 1 is 0.964 bits per heavy atom. The van der Waals surface area contributed by atoms with E-state index in [4.69, 9.17) is 4.74 Å². The molecule has 8 nitrogen and oxygen atoms in total. The van der Waals surface area contributed by atoms with E-state index in [1.807, 2.05) is 18.2 Å². The number of aromatic nitrogens is 2. The van der Waals surface area contributed by atoms with Gasteiger partial charge in [-0.05, 0) is 36.4 Å². The first-order chi connectivity index (χ1) is 13.5. The fourth-order valence-electron chi connectivity index (χ4n) is 2.29. The lowest BCUT2D eigenvalue weighted by Crippen LogP contribution is -2.28. The molecular weight excluding hydrogens is 380 g/mol. The monoisotopic (exact) mass is 398 g/mol. The molecule has 2 aromatic carbocycles. The molecule has 144 valence electrons. The number of carbonyl (C=O) groups excluding carboxylic acids is 1. The molecule has 0 aliphatic heterocycles. The van der Waals surface area contributed by atoms with Crippen LogP contribution in [0.25, 0.3) is 0 Å². The maximum Gasteiger partial charge on any atom is 0.258 e. The molecule has 1 heterocycles. The van der Waals surface area contributed by atoms with Crippen molar-refractivity contribution >= 4 is 21.9 Å². The van der Waals surface area contributed by atoms with Crippen LogP contribution in [0.3, 0.4) is 0 Å². The highest BCUT2D eigenvalue weighted by Gasteiger charge is 2.16. The molecule has 0 aliphatic rings. The molecular formula is C19H18N4O4S. The SMILES string of the molecule is O=C(Nc1ncccn1)c1cccc(S(=O)(=O)NCCOc2ccccc2)c1. The highest BCUT2D eigenvalue weighted by Crippen LogP contribution is 2.13. The first-order valence-corrected chi connectivity index (χ1v) is 9.89. The predicted octanol–water partition coefficient (Wildman–Crippen LogP) is 2.09. The van der Waals surface area contributed by atoms with Gasteiger partial charge in [-0.2, -0.15) is 0 Å². The molecule has 0 spiro atoms. The average molecular weight is 398 g/mol. The maximum atomic E-state index is 12.5. The quantitative estimate of drug-likeness (QED) is 0.562. The summed E-state index contributed by atoms with van der Waals surface area (Å²) in [7, 11) is -3.78. The van der Waals surface area contributed by atoms with Gasteiger partial charge in [0.15, 0.2) is 0 Å². The summed E-state index contributed by atoms with van der Waals surface area (Å²) in [6.45, 7) is 0.264. The van der Waals surface area contributed by atoms with Crippen molar-refractivity contribution in [1.82, 2.24) is 14.7 Å². The fraction of sp³-hybridized carbons (Fsp3) is 0.105. The molecule has 0 radical (unpaired) electrons. The zero-order valence-electron chi connectivity index (χ0n) is 14.8. The zero-order valence-corrected chi connectivity index (χ0v) is 15.6. The Morgan fingerprint density at radius 2 is 1.71 bits per heavy atom. The number of hydrogen-bond acceptors (Lipinski definition) is 6. The number of para-hydroxylation sites is 1. The third-order valence-corrected chi connectivity index (χ3v) is 5.06. The van der Waals surface area contributed by atoms with Gasteiger partial charge in [0.25, 0.3) is 5.91 Å². The van der Waals surface area contributed by atoms with Crippen LogP contribution in [-0.4, -0.2) is 37.4 Å². The van der Waals surface area contributed by atoms with Gasteiger partial charge in [0.05, 0.1) is 4.90 Å². The molecule has 1 amide bonds. The molecule has 0 saturated heterocycles. The molecule has 0 bridgehead atoms. The summed E-state index contributed by atoms with van der Waals surface area (Å²) < 4.78 is 32.8. The number of rotatable bonds is 8. The lowest BCUT2D eigenvalue weighted by molar-refractivity contribution is 0.102. The molecule has 0 unspecified atom stereocenters. The number of ether oxygens (including phenoxy) is 1. The Bertz CT molecular complexity index is 1030. The summed E-state index contributed by atoms with van der Waals surface area (Å²) >= 11 is 0. The van der Waals surface area contributed by atoms with E-state index < -0.39 is 15.9 Å². The second kappa shape index (κ2) is 9.07. The summed E-state index contributed by atoms with van der Waals surface area (Å²) in [5.74, 6) is 0.288. The number of hydrogen-bond donors (Lipinski definition) is 2. The summed E-state index contributed by atoms with van der Waals surface area (Å²) in [4.78, 5) is 20.1. The Hall–Kier alpha value is -3.30. The molecule has 0 saturated carbocycles. The van der Waals surface area contributed by atoms with E-state index in [9.17, 15) is 13.2 Å². The first-order valence-electron chi connectivity index (χ1n) is 8.40. The molecule has 0 aliphatic carbocycles. The van der Waals surface area contributed by atoms with Gasteiger partial charge in [-0.15, -0.1) is 0 Å². The molecule has 0 fully saturated rings.